The Hall–Kier alpha value is -8.60. The number of nitrogens with zero attached hydrogens (tertiary/aromatic N) is 2. The molecule has 2 aliphatic rings. The lowest BCUT2D eigenvalue weighted by atomic mass is 9.99. The van der Waals surface area contributed by atoms with Crippen molar-refractivity contribution in [3.8, 4) is 5.75 Å². The number of rotatable bonds is 20. The number of phenolic OH excluding ortho intramolecular Hbond substituents is 1. The Balaban J connectivity index is 1.36. The van der Waals surface area contributed by atoms with E-state index in [0.29, 0.717) is 36.0 Å². The number of aromatic hydroxyl groups is 1. The number of aromatic amines is 1. The highest BCUT2D eigenvalue weighted by atomic mass is 16.6. The van der Waals surface area contributed by atoms with Gasteiger partial charge >= 0.3 is 6.09 Å². The second-order valence-electron chi connectivity index (χ2n) is 21.2. The van der Waals surface area contributed by atoms with Crippen molar-refractivity contribution in [2.45, 2.75) is 140 Å². The van der Waals surface area contributed by atoms with E-state index < -0.39 is 107 Å². The summed E-state index contributed by atoms with van der Waals surface area (Å²) >= 11 is 0. The largest absolute Gasteiger partial charge is 0.508 e. The van der Waals surface area contributed by atoms with E-state index in [2.05, 4.69) is 42.2 Å². The van der Waals surface area contributed by atoms with Gasteiger partial charge in [-0.25, -0.2) is 4.79 Å². The van der Waals surface area contributed by atoms with Gasteiger partial charge in [-0.05, 0) is 88.3 Å². The number of unbranched alkanes of at least 4 members (excludes halogenated alkanes) is 2. The van der Waals surface area contributed by atoms with Crippen LogP contribution in [0.2, 0.25) is 0 Å². The number of H-pyrrole nitrogens is 1. The molecule has 0 spiro atoms. The number of hydrogen-bond donors (Lipinski definition) is 10. The van der Waals surface area contributed by atoms with Crippen LogP contribution < -0.4 is 37.2 Å². The third kappa shape index (κ3) is 18.5. The highest BCUT2D eigenvalue weighted by molar-refractivity contribution is 6.12. The molecule has 1 aromatic heterocycles. The molecule has 1 saturated heterocycles. The van der Waals surface area contributed by atoms with Crippen molar-refractivity contribution in [2.24, 2.45) is 0 Å². The van der Waals surface area contributed by atoms with Gasteiger partial charge in [0.25, 0.3) is 11.8 Å². The molecule has 23 nitrogen and oxygen atoms in total. The van der Waals surface area contributed by atoms with Crippen molar-refractivity contribution >= 4 is 70.2 Å². The summed E-state index contributed by atoms with van der Waals surface area (Å²) in [6.07, 6.45) is 2.07. The molecular weight excluding hydrogens is 1040 g/mol. The number of carbonyl (C=O) groups is 10. The molecule has 0 aliphatic carbocycles. The molecule has 81 heavy (non-hydrogen) atoms. The smallest absolute Gasteiger partial charge is 0.407 e. The number of aliphatic hydroxyl groups excluding tert-OH is 1. The van der Waals surface area contributed by atoms with Crippen molar-refractivity contribution in [2.75, 3.05) is 26.7 Å². The molecule has 1 fully saturated rings. The highest BCUT2D eigenvalue weighted by Gasteiger charge is 2.39. The molecule has 10 N–H and O–H groups in total. The Morgan fingerprint density at radius 3 is 1.90 bits per heavy atom. The van der Waals surface area contributed by atoms with E-state index in [-0.39, 0.29) is 70.3 Å². The molecule has 3 heterocycles. The third-order valence-electron chi connectivity index (χ3n) is 13.7. The molecule has 0 bridgehead atoms. The lowest BCUT2D eigenvalue weighted by molar-refractivity contribution is -0.144. The summed E-state index contributed by atoms with van der Waals surface area (Å²) in [6.45, 7) is 6.80. The maximum Gasteiger partial charge on any atom is 0.407 e. The van der Waals surface area contributed by atoms with Crippen LogP contribution >= 0.6 is 0 Å². The Morgan fingerprint density at radius 1 is 0.642 bits per heavy atom. The molecule has 2 aliphatic heterocycles. The standard InChI is InChI=1S/C58H74N10O13/c1-35(69)50-55(78)65-45(32-36-15-8-6-9-16-36)56(79)67(5)46(24-25-47(71)59-29-14-30-68-48(72)26-27-49(68)73)54(77)64-43(31-37-20-22-39(70)23-21-37)52(75)63-44(33-38-34-61-41-18-12-11-17-40(38)41)53(76)62-42(51(74)66-50)19-10-7-13-28-60-57(80)81-58(2,3)4/h6,8-9,11-12,15-18,20-23,26-27,34-35,42-46,50,61,69-70H,7,10,13-14,19,24-25,28-33H2,1-5H3,(H,59,71)(H,60,80)(H,62,76)(H,63,75)(H,64,77)(H,65,78)(H,66,74)/t35-,42+,43+,44-,45+,46+,50+/m1/s1. The molecule has 6 rings (SSSR count). The van der Waals surface area contributed by atoms with E-state index in [1.165, 1.54) is 38.2 Å². The predicted octanol–water partition coefficient (Wildman–Crippen LogP) is 1.84. The van der Waals surface area contributed by atoms with Crippen LogP contribution in [0.1, 0.15) is 89.3 Å². The van der Waals surface area contributed by atoms with Gasteiger partial charge in [-0.2, -0.15) is 0 Å². The number of amides is 10. The van der Waals surface area contributed by atoms with Crippen LogP contribution in [0, 0.1) is 0 Å². The summed E-state index contributed by atoms with van der Waals surface area (Å²) in [5.41, 5.74) is 1.67. The van der Waals surface area contributed by atoms with Crippen LogP contribution in [0.15, 0.2) is 97.2 Å². The molecule has 0 radical (unpaired) electrons. The molecule has 0 unspecified atom stereocenters. The van der Waals surface area contributed by atoms with Crippen LogP contribution in [-0.4, -0.2) is 159 Å². The lowest BCUT2D eigenvalue weighted by Gasteiger charge is -2.33. The first-order valence-electron chi connectivity index (χ1n) is 27.2. The van der Waals surface area contributed by atoms with Gasteiger partial charge in [-0.15, -0.1) is 0 Å². The number of aliphatic hydroxyl groups is 1. The number of benzene rings is 3. The number of nitrogens with one attached hydrogen (secondary N) is 8. The molecule has 4 aromatic rings. The summed E-state index contributed by atoms with van der Waals surface area (Å²) in [5, 5.41) is 41.1. The zero-order valence-corrected chi connectivity index (χ0v) is 46.3. The fourth-order valence-electron chi connectivity index (χ4n) is 9.39. The van der Waals surface area contributed by atoms with Gasteiger partial charge in [0.2, 0.25) is 41.4 Å². The minimum Gasteiger partial charge on any atom is -0.508 e. The van der Waals surface area contributed by atoms with Crippen LogP contribution in [0.25, 0.3) is 10.9 Å². The summed E-state index contributed by atoms with van der Waals surface area (Å²) in [5.74, 6) is -6.81. The lowest BCUT2D eigenvalue weighted by Crippen LogP contribution is -2.63. The number of para-hydroxylation sites is 1. The highest BCUT2D eigenvalue weighted by Crippen LogP contribution is 2.21. The summed E-state index contributed by atoms with van der Waals surface area (Å²) in [7, 11) is 1.30. The van der Waals surface area contributed by atoms with Gasteiger partial charge in [-0.3, -0.25) is 48.1 Å². The van der Waals surface area contributed by atoms with Crippen LogP contribution in [0.4, 0.5) is 4.79 Å². The van der Waals surface area contributed by atoms with Crippen LogP contribution in [0.5, 0.6) is 5.75 Å². The average Bonchev–Trinajstić information content (AvgIpc) is 4.02. The number of aromatic nitrogens is 1. The van der Waals surface area contributed by atoms with Crippen LogP contribution in [-0.2, 0) is 67.2 Å². The molecule has 7 atom stereocenters. The number of fused-ring (bicyclic) bond motifs is 1. The van der Waals surface area contributed by atoms with Crippen molar-refractivity contribution in [3.05, 3.63) is 114 Å². The number of likely N-dealkylation sites (N-methyl/N-ethyl adjacent to an activating group) is 1. The predicted molar refractivity (Wildman–Crippen MR) is 297 cm³/mol. The molecular formula is C58H74N10O13. The minimum atomic E-state index is -1.70. The zero-order chi connectivity index (χ0) is 58.8. The first-order valence-corrected chi connectivity index (χ1v) is 27.2. The summed E-state index contributed by atoms with van der Waals surface area (Å²) in [6, 6.07) is 12.8. The van der Waals surface area contributed by atoms with Gasteiger partial charge in [0, 0.05) is 81.6 Å². The van der Waals surface area contributed by atoms with E-state index in [1.54, 1.807) is 63.4 Å². The topological polar surface area (TPSA) is 327 Å². The van der Waals surface area contributed by atoms with E-state index in [1.807, 2.05) is 18.2 Å². The average molecular weight is 1120 g/mol. The van der Waals surface area contributed by atoms with Crippen molar-refractivity contribution in [1.82, 2.24) is 52.0 Å². The molecule has 3 aromatic carbocycles. The molecule has 23 heteroatoms. The summed E-state index contributed by atoms with van der Waals surface area (Å²) < 4.78 is 5.32. The first-order chi connectivity index (χ1) is 38.6. The van der Waals surface area contributed by atoms with Gasteiger partial charge in [0.1, 0.15) is 47.6 Å². The van der Waals surface area contributed by atoms with Gasteiger partial charge < -0.3 is 62.1 Å². The van der Waals surface area contributed by atoms with Crippen molar-refractivity contribution in [3.63, 3.8) is 0 Å². The Bertz CT molecular complexity index is 2900. The Kier molecular flexibility index (Phi) is 22.1. The number of imide groups is 1. The van der Waals surface area contributed by atoms with E-state index >= 15 is 0 Å². The molecule has 0 saturated carbocycles. The third-order valence-corrected chi connectivity index (χ3v) is 13.7. The maximum absolute atomic E-state index is 15.0. The number of alkyl carbamates (subject to hydrolysis) is 1. The van der Waals surface area contributed by atoms with E-state index in [4.69, 9.17) is 4.74 Å². The maximum atomic E-state index is 15.0. The Labute approximate surface area is 469 Å². The van der Waals surface area contributed by atoms with Crippen molar-refractivity contribution in [1.29, 1.82) is 0 Å². The number of ether oxygens (including phenoxy) is 1. The summed E-state index contributed by atoms with van der Waals surface area (Å²) in [4.78, 5) is 144. The second-order valence-corrected chi connectivity index (χ2v) is 21.2. The van der Waals surface area contributed by atoms with Crippen LogP contribution in [0.3, 0.4) is 0 Å². The normalized spacial score (nSPS) is 21.1. The molecule has 434 valence electrons. The van der Waals surface area contributed by atoms with E-state index in [9.17, 15) is 58.2 Å². The van der Waals surface area contributed by atoms with E-state index in [0.717, 1.165) is 32.9 Å². The van der Waals surface area contributed by atoms with Gasteiger partial charge in [0.05, 0.1) is 6.10 Å². The van der Waals surface area contributed by atoms with Gasteiger partial charge in [0.15, 0.2) is 0 Å². The van der Waals surface area contributed by atoms with Crippen molar-refractivity contribution < 1.29 is 62.9 Å². The first kappa shape index (κ1) is 61.6. The quantitative estimate of drug-likeness (QED) is 0.0447. The second kappa shape index (κ2) is 29.0. The monoisotopic (exact) mass is 1120 g/mol. The number of hydrogen-bond acceptors (Lipinski definition) is 13. The zero-order valence-electron chi connectivity index (χ0n) is 46.3. The SMILES string of the molecule is C[C@@H](O)[C@@H]1NC(=O)[C@H](CCCCCNC(=O)OC(C)(C)C)NC(=O)[C@@H](Cc2c[nH]c3ccccc23)NC(=O)[C@H](Cc2ccc(O)cc2)NC(=O)[C@H](CCC(=O)NCCCN2C(=O)C=CC2=O)N(C)C(=O)[C@H](Cc2ccccc2)NC1=O. The number of phenols is 1. The Morgan fingerprint density at radius 2 is 1.22 bits per heavy atom. The fraction of sp³-hybridized carbons (Fsp3) is 0.448. The minimum absolute atomic E-state index is 0.0108. The molecule has 10 amide bonds. The fourth-order valence-corrected chi connectivity index (χ4v) is 9.39. The van der Waals surface area contributed by atoms with Gasteiger partial charge in [-0.1, -0.05) is 73.5 Å². The number of carbonyl (C=O) groups excluding carboxylic acids is 10.